The Hall–Kier alpha value is -1.76. The van der Waals surface area contributed by atoms with Gasteiger partial charge in [-0.3, -0.25) is 0 Å². The van der Waals surface area contributed by atoms with E-state index in [1.165, 1.54) is 12.1 Å². The second kappa shape index (κ2) is 7.86. The van der Waals surface area contributed by atoms with Gasteiger partial charge in [-0.05, 0) is 54.9 Å². The quantitative estimate of drug-likeness (QED) is 0.834. The number of hydrogen-bond acceptors (Lipinski definition) is 3. The van der Waals surface area contributed by atoms with E-state index >= 15 is 0 Å². The summed E-state index contributed by atoms with van der Waals surface area (Å²) >= 11 is 0. The fraction of sp³-hybridized carbons (Fsp3) is 0.400. The van der Waals surface area contributed by atoms with E-state index in [9.17, 15) is 12.8 Å². The highest BCUT2D eigenvalue weighted by atomic mass is 32.2. The first-order valence-electron chi connectivity index (χ1n) is 8.53. The molecule has 6 heteroatoms. The van der Waals surface area contributed by atoms with E-state index in [0.717, 1.165) is 11.1 Å². The van der Waals surface area contributed by atoms with Crippen LogP contribution in [-0.2, 0) is 15.4 Å². The van der Waals surface area contributed by atoms with Gasteiger partial charge in [0.2, 0.25) is 10.0 Å². The average Bonchev–Trinajstić information content (AvgIpc) is 2.54. The molecule has 26 heavy (non-hydrogen) atoms. The van der Waals surface area contributed by atoms with Crippen LogP contribution in [0.4, 0.5) is 4.39 Å². The third kappa shape index (κ3) is 5.13. The molecule has 0 aliphatic heterocycles. The molecule has 0 aliphatic carbocycles. The van der Waals surface area contributed by atoms with Crippen LogP contribution in [0.25, 0.3) is 0 Å². The first-order chi connectivity index (χ1) is 12.0. The lowest BCUT2D eigenvalue weighted by Crippen LogP contribution is -2.34. The summed E-state index contributed by atoms with van der Waals surface area (Å²) in [5.74, 6) is -0.338. The first-order valence-corrected chi connectivity index (χ1v) is 10.0. The van der Waals surface area contributed by atoms with Crippen molar-refractivity contribution in [1.82, 2.24) is 9.62 Å². The zero-order valence-corrected chi connectivity index (χ0v) is 16.8. The highest BCUT2D eigenvalue weighted by Crippen LogP contribution is 2.24. The average molecular weight is 379 g/mol. The van der Waals surface area contributed by atoms with E-state index in [-0.39, 0.29) is 28.7 Å². The molecule has 0 aliphatic rings. The van der Waals surface area contributed by atoms with Crippen LogP contribution < -0.4 is 4.72 Å². The van der Waals surface area contributed by atoms with Gasteiger partial charge in [0.1, 0.15) is 5.82 Å². The molecule has 1 atom stereocenters. The van der Waals surface area contributed by atoms with Gasteiger partial charge in [-0.25, -0.2) is 17.5 Å². The number of sulfonamides is 1. The monoisotopic (exact) mass is 378 g/mol. The van der Waals surface area contributed by atoms with Gasteiger partial charge in [0.15, 0.2) is 0 Å². The third-order valence-corrected chi connectivity index (χ3v) is 5.79. The number of hydrogen-bond donors (Lipinski definition) is 1. The van der Waals surface area contributed by atoms with Crippen molar-refractivity contribution in [3.63, 3.8) is 0 Å². The van der Waals surface area contributed by atoms with Crippen molar-refractivity contribution >= 4 is 10.0 Å². The first kappa shape index (κ1) is 20.6. The molecule has 2 aromatic carbocycles. The molecule has 0 saturated heterocycles. The van der Waals surface area contributed by atoms with E-state index in [2.05, 4.69) is 25.5 Å². The van der Waals surface area contributed by atoms with Crippen LogP contribution in [0.2, 0.25) is 0 Å². The van der Waals surface area contributed by atoms with Crippen molar-refractivity contribution in [1.29, 1.82) is 0 Å². The molecule has 0 spiro atoms. The van der Waals surface area contributed by atoms with Gasteiger partial charge < -0.3 is 4.90 Å². The van der Waals surface area contributed by atoms with Crippen LogP contribution in [0.5, 0.6) is 0 Å². The number of benzene rings is 2. The number of halogens is 1. The lowest BCUT2D eigenvalue weighted by Gasteiger charge is -2.25. The Kier molecular flexibility index (Phi) is 6.21. The molecule has 0 saturated carbocycles. The van der Waals surface area contributed by atoms with Gasteiger partial charge >= 0.3 is 0 Å². The van der Waals surface area contributed by atoms with E-state index in [0.29, 0.717) is 0 Å². The lowest BCUT2D eigenvalue weighted by atomic mass is 9.87. The molecular formula is C20H27FN2O2S. The van der Waals surface area contributed by atoms with Crippen LogP contribution in [0.15, 0.2) is 53.4 Å². The summed E-state index contributed by atoms with van der Waals surface area (Å²) in [6.07, 6.45) is 0. The second-order valence-electron chi connectivity index (χ2n) is 7.66. The van der Waals surface area contributed by atoms with Crippen molar-refractivity contribution in [2.24, 2.45) is 0 Å². The maximum absolute atomic E-state index is 13.5. The Bertz CT molecular complexity index is 841. The SMILES string of the molecule is CN(C)C(CNS(=O)(=O)c1ccc(C(C)(C)C)cc1)c1cccc(F)c1. The van der Waals surface area contributed by atoms with Crippen LogP contribution in [0, 0.1) is 5.82 Å². The van der Waals surface area contributed by atoms with Crippen molar-refractivity contribution in [2.75, 3.05) is 20.6 Å². The molecule has 142 valence electrons. The van der Waals surface area contributed by atoms with Gasteiger partial charge in [-0.15, -0.1) is 0 Å². The zero-order valence-electron chi connectivity index (χ0n) is 16.0. The topological polar surface area (TPSA) is 49.4 Å². The Labute approximate surface area is 156 Å². The summed E-state index contributed by atoms with van der Waals surface area (Å²) in [6, 6.07) is 12.9. The van der Waals surface area contributed by atoms with Gasteiger partial charge in [-0.1, -0.05) is 45.0 Å². The van der Waals surface area contributed by atoms with Crippen LogP contribution >= 0.6 is 0 Å². The second-order valence-corrected chi connectivity index (χ2v) is 9.43. The summed E-state index contributed by atoms with van der Waals surface area (Å²) < 4.78 is 41.4. The number of likely N-dealkylation sites (N-methyl/N-ethyl adjacent to an activating group) is 1. The summed E-state index contributed by atoms with van der Waals surface area (Å²) in [4.78, 5) is 2.09. The maximum Gasteiger partial charge on any atom is 0.240 e. The summed E-state index contributed by atoms with van der Waals surface area (Å²) in [7, 11) is 0.0310. The standard InChI is InChI=1S/C20H27FN2O2S/c1-20(2,3)16-9-11-18(12-10-16)26(24,25)22-14-19(23(4)5)15-7-6-8-17(21)13-15/h6-13,19,22H,14H2,1-5H3. The van der Waals surface area contributed by atoms with Crippen LogP contribution in [0.3, 0.4) is 0 Å². The fourth-order valence-electron chi connectivity index (χ4n) is 2.72. The van der Waals surface area contributed by atoms with Gasteiger partial charge in [-0.2, -0.15) is 0 Å². The smallest absolute Gasteiger partial charge is 0.240 e. The van der Waals surface area contributed by atoms with Crippen LogP contribution in [0.1, 0.15) is 37.9 Å². The molecule has 4 nitrogen and oxygen atoms in total. The molecule has 0 bridgehead atoms. The van der Waals surface area contributed by atoms with Crippen LogP contribution in [-0.4, -0.2) is 34.0 Å². The van der Waals surface area contributed by atoms with Crippen molar-refractivity contribution < 1.29 is 12.8 Å². The minimum absolute atomic E-state index is 0.0386. The molecule has 2 rings (SSSR count). The van der Waals surface area contributed by atoms with Crippen molar-refractivity contribution in [3.05, 3.63) is 65.5 Å². The predicted molar refractivity (Wildman–Crippen MR) is 103 cm³/mol. The third-order valence-electron chi connectivity index (χ3n) is 4.35. The van der Waals surface area contributed by atoms with E-state index in [1.54, 1.807) is 24.3 Å². The normalized spacial score (nSPS) is 13.8. The number of rotatable bonds is 6. The van der Waals surface area contributed by atoms with E-state index in [4.69, 9.17) is 0 Å². The van der Waals surface area contributed by atoms with Crippen molar-refractivity contribution in [3.8, 4) is 0 Å². The molecule has 1 N–H and O–H groups in total. The van der Waals surface area contributed by atoms with Gasteiger partial charge in [0.25, 0.3) is 0 Å². The predicted octanol–water partition coefficient (Wildman–Crippen LogP) is 3.70. The fourth-order valence-corrected chi connectivity index (χ4v) is 3.76. The zero-order chi connectivity index (χ0) is 19.5. The van der Waals surface area contributed by atoms with Crippen molar-refractivity contribution in [2.45, 2.75) is 37.1 Å². The Morgan fingerprint density at radius 2 is 1.69 bits per heavy atom. The summed E-state index contributed by atoms with van der Waals surface area (Å²) in [5, 5.41) is 0. The molecule has 0 radical (unpaired) electrons. The highest BCUT2D eigenvalue weighted by Gasteiger charge is 2.21. The Balaban J connectivity index is 2.17. The van der Waals surface area contributed by atoms with Gasteiger partial charge in [0, 0.05) is 12.6 Å². The molecule has 2 aromatic rings. The summed E-state index contributed by atoms with van der Waals surface area (Å²) in [5.41, 5.74) is 1.76. The molecule has 0 amide bonds. The molecule has 0 fully saturated rings. The molecule has 0 heterocycles. The number of nitrogens with one attached hydrogen (secondary N) is 1. The van der Waals surface area contributed by atoms with E-state index < -0.39 is 10.0 Å². The Morgan fingerprint density at radius 3 is 2.19 bits per heavy atom. The van der Waals surface area contributed by atoms with E-state index in [1.807, 2.05) is 31.1 Å². The lowest BCUT2D eigenvalue weighted by molar-refractivity contribution is 0.299. The maximum atomic E-state index is 13.5. The molecular weight excluding hydrogens is 351 g/mol. The number of nitrogens with zero attached hydrogens (tertiary/aromatic N) is 1. The highest BCUT2D eigenvalue weighted by molar-refractivity contribution is 7.89. The molecule has 0 aromatic heterocycles. The minimum Gasteiger partial charge on any atom is -0.301 e. The molecule has 1 unspecified atom stereocenters. The summed E-state index contributed by atoms with van der Waals surface area (Å²) in [6.45, 7) is 6.39. The Morgan fingerprint density at radius 1 is 1.08 bits per heavy atom. The minimum atomic E-state index is -3.64. The largest absolute Gasteiger partial charge is 0.301 e. The van der Waals surface area contributed by atoms with Gasteiger partial charge in [0.05, 0.1) is 4.90 Å².